The van der Waals surface area contributed by atoms with Crippen molar-refractivity contribution in [1.29, 1.82) is 0 Å². The number of rotatable bonds is 3. The normalized spacial score (nSPS) is 9.07. The molecule has 0 spiro atoms. The van der Waals surface area contributed by atoms with E-state index in [1.54, 1.807) is 0 Å². The molecule has 0 aliphatic carbocycles. The highest BCUT2D eigenvalue weighted by atomic mass is 19.1. The van der Waals surface area contributed by atoms with E-state index in [0.29, 0.717) is 0 Å². The van der Waals surface area contributed by atoms with Gasteiger partial charge in [-0.15, -0.1) is 0 Å². The molecule has 0 aromatic carbocycles. The Kier molecular flexibility index (Phi) is 6.17. The van der Waals surface area contributed by atoms with Crippen LogP contribution < -0.4 is 0 Å². The quantitative estimate of drug-likeness (QED) is 0.560. The van der Waals surface area contributed by atoms with Gasteiger partial charge in [-0.25, -0.2) is 4.39 Å². The molecule has 0 saturated carbocycles. The lowest BCUT2D eigenvalue weighted by Gasteiger charge is -1.90. The number of halogens is 2. The van der Waals surface area contributed by atoms with Crippen LogP contribution in [0.1, 0.15) is 6.92 Å². The Morgan fingerprint density at radius 1 is 1.64 bits per heavy atom. The average Bonchev–Trinajstić information content (AvgIpc) is 2.55. The first-order valence-corrected chi connectivity index (χ1v) is 3.94. The van der Waals surface area contributed by atoms with Crippen LogP contribution in [0.2, 0.25) is 0 Å². The maximum absolute atomic E-state index is 11.7. The van der Waals surface area contributed by atoms with Gasteiger partial charge in [-0.3, -0.25) is 19.2 Å². The van der Waals surface area contributed by atoms with Gasteiger partial charge in [0.15, 0.2) is 0 Å². The number of aryl methyl sites for hydroxylation is 1. The molecule has 0 atom stereocenters. The van der Waals surface area contributed by atoms with Gasteiger partial charge in [0.2, 0.25) is 0 Å². The molecule has 1 rings (SSSR count). The molecule has 1 aromatic rings. The number of alkyl halides is 2. The van der Waals surface area contributed by atoms with E-state index in [4.69, 9.17) is 0 Å². The van der Waals surface area contributed by atoms with Crippen molar-refractivity contribution < 1.29 is 13.7 Å². The van der Waals surface area contributed by atoms with E-state index in [1.165, 1.54) is 17.8 Å². The highest BCUT2D eigenvalue weighted by Gasteiger charge is 2.07. The van der Waals surface area contributed by atoms with Crippen molar-refractivity contribution in [2.24, 2.45) is 0 Å². The molecule has 0 unspecified atom stereocenters. The van der Waals surface area contributed by atoms with Crippen LogP contribution in [0.15, 0.2) is 12.4 Å². The van der Waals surface area contributed by atoms with E-state index in [0.717, 1.165) is 6.20 Å². The molecule has 14 heavy (non-hydrogen) atoms. The molecule has 1 aromatic heterocycles. The minimum absolute atomic E-state index is 0.0633. The summed E-state index contributed by atoms with van der Waals surface area (Å²) in [6.07, 6.45) is 2.29. The second-order valence-corrected chi connectivity index (χ2v) is 2.17. The molecule has 0 saturated heterocycles. The van der Waals surface area contributed by atoms with Gasteiger partial charge >= 0.3 is 5.69 Å². The van der Waals surface area contributed by atoms with Crippen LogP contribution in [-0.4, -0.2) is 28.1 Å². The summed E-state index contributed by atoms with van der Waals surface area (Å²) in [7, 11) is 0. The Morgan fingerprint density at radius 2 is 2.21 bits per heavy atom. The first-order chi connectivity index (χ1) is 6.65. The van der Waals surface area contributed by atoms with Gasteiger partial charge in [0.25, 0.3) is 0 Å². The first kappa shape index (κ1) is 12.5. The number of hydrogen-bond acceptors (Lipinski definition) is 3. The van der Waals surface area contributed by atoms with Crippen molar-refractivity contribution in [2.45, 2.75) is 13.5 Å². The number of nitro groups is 1. The maximum Gasteiger partial charge on any atom is 0.306 e. The molecular weight excluding hydrogens is 196 g/mol. The minimum atomic E-state index is -0.571. The largest absolute Gasteiger partial charge is 0.306 e. The van der Waals surface area contributed by atoms with Crippen molar-refractivity contribution in [1.82, 2.24) is 9.78 Å². The maximum atomic E-state index is 11.7. The summed E-state index contributed by atoms with van der Waals surface area (Å²) in [6.45, 7) is 0.701. The third kappa shape index (κ3) is 4.48. The summed E-state index contributed by atoms with van der Waals surface area (Å²) in [4.78, 5) is 9.51. The molecule has 0 bridgehead atoms. The van der Waals surface area contributed by atoms with Crippen LogP contribution in [0, 0.1) is 10.1 Å². The van der Waals surface area contributed by atoms with Crippen molar-refractivity contribution in [3.05, 3.63) is 22.5 Å². The number of hydrogen-bond donors (Lipinski definition) is 0. The molecule has 80 valence electrons. The van der Waals surface area contributed by atoms with Crippen molar-refractivity contribution >= 4 is 5.69 Å². The summed E-state index contributed by atoms with van der Waals surface area (Å²) in [6, 6.07) is 0. The molecule has 7 heteroatoms. The highest BCUT2D eigenvalue weighted by molar-refractivity contribution is 5.20. The standard InChI is InChI=1S/C5H6FN3O2.C2H5F/c6-1-2-8-4-5(3-7-8)9(10)11;1-2-3/h3-4H,1-2H2;2H2,1H3. The van der Waals surface area contributed by atoms with Crippen LogP contribution in [0.3, 0.4) is 0 Å². The summed E-state index contributed by atoms with van der Waals surface area (Å²) in [5.41, 5.74) is -0.113. The Morgan fingerprint density at radius 3 is 2.57 bits per heavy atom. The number of aromatic nitrogens is 2. The van der Waals surface area contributed by atoms with Crippen LogP contribution in [0.4, 0.5) is 14.5 Å². The Bertz CT molecular complexity index is 278. The zero-order chi connectivity index (χ0) is 11.0. The van der Waals surface area contributed by atoms with E-state index in [9.17, 15) is 18.9 Å². The Hall–Kier alpha value is -1.53. The lowest BCUT2D eigenvalue weighted by atomic mass is 10.6. The summed E-state index contributed by atoms with van der Waals surface area (Å²) >= 11 is 0. The van der Waals surface area contributed by atoms with Crippen LogP contribution in [-0.2, 0) is 6.54 Å². The van der Waals surface area contributed by atoms with E-state index in [1.807, 2.05) is 0 Å². The number of nitrogens with zero attached hydrogens (tertiary/aromatic N) is 3. The highest BCUT2D eigenvalue weighted by Crippen LogP contribution is 2.06. The molecule has 0 N–H and O–H groups in total. The molecule has 1 heterocycles. The molecule has 0 aliphatic heterocycles. The summed E-state index contributed by atoms with van der Waals surface area (Å²) in [5, 5.41) is 13.6. The van der Waals surface area contributed by atoms with Crippen molar-refractivity contribution in [2.75, 3.05) is 13.3 Å². The van der Waals surface area contributed by atoms with Gasteiger partial charge in [-0.1, -0.05) is 0 Å². The second kappa shape index (κ2) is 6.93. The van der Waals surface area contributed by atoms with Crippen molar-refractivity contribution in [3.8, 4) is 0 Å². The van der Waals surface area contributed by atoms with Gasteiger partial charge in [0.1, 0.15) is 19.1 Å². The lowest BCUT2D eigenvalue weighted by Crippen LogP contribution is -1.98. The van der Waals surface area contributed by atoms with Gasteiger partial charge in [0, 0.05) is 0 Å². The van der Waals surface area contributed by atoms with Gasteiger partial charge in [-0.05, 0) is 6.92 Å². The summed E-state index contributed by atoms with van der Waals surface area (Å²) < 4.78 is 23.1. The predicted molar refractivity (Wildman–Crippen MR) is 46.5 cm³/mol. The Balaban J connectivity index is 0.000000500. The van der Waals surface area contributed by atoms with Crippen LogP contribution >= 0.6 is 0 Å². The third-order valence-electron chi connectivity index (χ3n) is 1.14. The van der Waals surface area contributed by atoms with Gasteiger partial charge < -0.3 is 0 Å². The molecular formula is C7H11F2N3O2. The fraction of sp³-hybridized carbons (Fsp3) is 0.571. The molecule has 5 nitrogen and oxygen atoms in total. The van der Waals surface area contributed by atoms with Gasteiger partial charge in [0.05, 0.1) is 18.1 Å². The van der Waals surface area contributed by atoms with Crippen LogP contribution in [0.5, 0.6) is 0 Å². The zero-order valence-electron chi connectivity index (χ0n) is 7.69. The predicted octanol–water partition coefficient (Wildman–Crippen LogP) is 1.74. The average molecular weight is 207 g/mol. The lowest BCUT2D eigenvalue weighted by molar-refractivity contribution is -0.385. The summed E-state index contributed by atoms with van der Waals surface area (Å²) in [5.74, 6) is 0. The SMILES string of the molecule is CCF.O=[N+]([O-])c1cnn(CCF)c1. The smallest absolute Gasteiger partial charge is 0.263 e. The minimum Gasteiger partial charge on any atom is -0.263 e. The molecule has 0 aliphatic rings. The fourth-order valence-corrected chi connectivity index (χ4v) is 0.656. The van der Waals surface area contributed by atoms with E-state index in [-0.39, 0.29) is 18.9 Å². The second-order valence-electron chi connectivity index (χ2n) is 2.17. The van der Waals surface area contributed by atoms with E-state index < -0.39 is 11.6 Å². The fourth-order valence-electron chi connectivity index (χ4n) is 0.656. The van der Waals surface area contributed by atoms with Gasteiger partial charge in [-0.2, -0.15) is 5.10 Å². The topological polar surface area (TPSA) is 61.0 Å². The molecule has 0 amide bonds. The Labute approximate surface area is 79.5 Å². The van der Waals surface area contributed by atoms with E-state index >= 15 is 0 Å². The first-order valence-electron chi connectivity index (χ1n) is 3.94. The van der Waals surface area contributed by atoms with Crippen molar-refractivity contribution in [3.63, 3.8) is 0 Å². The molecule has 0 fully saturated rings. The van der Waals surface area contributed by atoms with Crippen LogP contribution in [0.25, 0.3) is 0 Å². The van der Waals surface area contributed by atoms with E-state index in [2.05, 4.69) is 5.10 Å². The zero-order valence-corrected chi connectivity index (χ0v) is 7.69. The monoisotopic (exact) mass is 207 g/mol. The third-order valence-corrected chi connectivity index (χ3v) is 1.14. The molecule has 0 radical (unpaired) electrons.